The van der Waals surface area contributed by atoms with E-state index in [1.165, 1.54) is 17.2 Å². The minimum Gasteiger partial charge on any atom is -0.494 e. The number of hydrazone groups is 1. The molecule has 2 heterocycles. The SMILES string of the molecule is O=c1[nH]c(=O)n(C2CCCCC2)c(O)c1C=NN1CCCCC1. The summed E-state index contributed by atoms with van der Waals surface area (Å²) in [5.41, 5.74) is -1.05. The largest absolute Gasteiger partial charge is 0.494 e. The Bertz CT molecular complexity index is 680. The van der Waals surface area contributed by atoms with Crippen molar-refractivity contribution in [1.82, 2.24) is 14.6 Å². The van der Waals surface area contributed by atoms with Crippen molar-refractivity contribution in [2.45, 2.75) is 57.4 Å². The van der Waals surface area contributed by atoms with Crippen molar-refractivity contribution in [1.29, 1.82) is 0 Å². The van der Waals surface area contributed by atoms with Crippen molar-refractivity contribution in [3.8, 4) is 5.88 Å². The Balaban J connectivity index is 1.91. The molecule has 3 rings (SSSR count). The third kappa shape index (κ3) is 3.48. The summed E-state index contributed by atoms with van der Waals surface area (Å²) in [4.78, 5) is 26.5. The van der Waals surface area contributed by atoms with Crippen LogP contribution in [0.1, 0.15) is 63.0 Å². The van der Waals surface area contributed by atoms with E-state index in [0.29, 0.717) is 0 Å². The van der Waals surface area contributed by atoms with E-state index in [9.17, 15) is 14.7 Å². The lowest BCUT2D eigenvalue weighted by Gasteiger charge is -2.25. The van der Waals surface area contributed by atoms with Gasteiger partial charge in [-0.3, -0.25) is 19.4 Å². The van der Waals surface area contributed by atoms with Gasteiger partial charge in [0.1, 0.15) is 5.56 Å². The van der Waals surface area contributed by atoms with Crippen molar-refractivity contribution in [3.05, 3.63) is 26.4 Å². The zero-order valence-electron chi connectivity index (χ0n) is 13.3. The summed E-state index contributed by atoms with van der Waals surface area (Å²) < 4.78 is 1.33. The third-order valence-electron chi connectivity index (χ3n) is 4.78. The molecule has 0 aromatic carbocycles. The van der Waals surface area contributed by atoms with Gasteiger partial charge in [-0.1, -0.05) is 19.3 Å². The standard InChI is InChI=1S/C16H24N4O3/c21-14-13(11-17-19-9-5-2-6-10-19)15(22)20(16(23)18-14)12-7-3-1-4-8-12/h11-12,22H,1-10H2,(H,18,21,23). The fraction of sp³-hybridized carbons (Fsp3) is 0.688. The topological polar surface area (TPSA) is 90.7 Å². The highest BCUT2D eigenvalue weighted by molar-refractivity contribution is 5.81. The number of rotatable bonds is 3. The molecule has 1 saturated carbocycles. The molecular weight excluding hydrogens is 296 g/mol. The zero-order chi connectivity index (χ0) is 16.2. The van der Waals surface area contributed by atoms with E-state index >= 15 is 0 Å². The van der Waals surface area contributed by atoms with Gasteiger partial charge in [0.25, 0.3) is 5.56 Å². The molecule has 0 unspecified atom stereocenters. The number of H-pyrrole nitrogens is 1. The van der Waals surface area contributed by atoms with Crippen LogP contribution in [0, 0.1) is 0 Å². The molecule has 7 nitrogen and oxygen atoms in total. The Kier molecular flexibility index (Phi) is 4.83. The summed E-state index contributed by atoms with van der Waals surface area (Å²) in [5.74, 6) is -0.258. The predicted molar refractivity (Wildman–Crippen MR) is 88.1 cm³/mol. The normalized spacial score (nSPS) is 20.3. The number of hydrogen-bond acceptors (Lipinski definition) is 5. The maximum absolute atomic E-state index is 12.1. The Morgan fingerprint density at radius 2 is 1.70 bits per heavy atom. The Hall–Kier alpha value is -2.05. The number of piperidine rings is 1. The predicted octanol–water partition coefficient (Wildman–Crippen LogP) is 1.57. The van der Waals surface area contributed by atoms with Crippen molar-refractivity contribution in [3.63, 3.8) is 0 Å². The highest BCUT2D eigenvalue weighted by atomic mass is 16.3. The maximum Gasteiger partial charge on any atom is 0.331 e. The summed E-state index contributed by atoms with van der Waals surface area (Å²) in [6, 6.07) is -0.0461. The van der Waals surface area contributed by atoms with Gasteiger partial charge < -0.3 is 5.11 Å². The third-order valence-corrected chi connectivity index (χ3v) is 4.78. The van der Waals surface area contributed by atoms with Crippen LogP contribution in [0.4, 0.5) is 0 Å². The van der Waals surface area contributed by atoms with Gasteiger partial charge >= 0.3 is 5.69 Å². The summed E-state index contributed by atoms with van der Waals surface area (Å²) in [6.45, 7) is 1.72. The molecule has 2 N–H and O–H groups in total. The molecule has 1 aromatic heterocycles. The summed E-state index contributed by atoms with van der Waals surface area (Å²) in [5, 5.41) is 16.7. The number of nitrogens with one attached hydrogen (secondary N) is 1. The van der Waals surface area contributed by atoms with Crippen LogP contribution in [-0.2, 0) is 0 Å². The molecule has 0 radical (unpaired) electrons. The van der Waals surface area contributed by atoms with Crippen LogP contribution in [0.2, 0.25) is 0 Å². The van der Waals surface area contributed by atoms with Gasteiger partial charge in [-0.15, -0.1) is 0 Å². The van der Waals surface area contributed by atoms with Gasteiger partial charge in [0.2, 0.25) is 5.88 Å². The van der Waals surface area contributed by atoms with Crippen LogP contribution >= 0.6 is 0 Å². The van der Waals surface area contributed by atoms with Crippen molar-refractivity contribution in [2.75, 3.05) is 13.1 Å². The van der Waals surface area contributed by atoms with Crippen LogP contribution in [0.5, 0.6) is 5.88 Å². The van der Waals surface area contributed by atoms with Gasteiger partial charge in [0.05, 0.1) is 6.21 Å². The monoisotopic (exact) mass is 320 g/mol. The van der Waals surface area contributed by atoms with Gasteiger partial charge in [-0.2, -0.15) is 5.10 Å². The van der Waals surface area contributed by atoms with E-state index in [0.717, 1.165) is 58.0 Å². The molecule has 0 amide bonds. The first-order chi connectivity index (χ1) is 11.2. The number of aromatic nitrogens is 2. The average Bonchev–Trinajstić information content (AvgIpc) is 2.56. The first-order valence-electron chi connectivity index (χ1n) is 8.53. The lowest BCUT2D eigenvalue weighted by molar-refractivity contribution is 0.240. The fourth-order valence-electron chi connectivity index (χ4n) is 3.48. The second-order valence-corrected chi connectivity index (χ2v) is 6.42. The van der Waals surface area contributed by atoms with Gasteiger partial charge in [0.15, 0.2) is 0 Å². The highest BCUT2D eigenvalue weighted by Gasteiger charge is 2.22. The van der Waals surface area contributed by atoms with E-state index < -0.39 is 11.2 Å². The molecule has 1 aromatic rings. The molecule has 2 fully saturated rings. The summed E-state index contributed by atoms with van der Waals surface area (Å²) in [6.07, 6.45) is 9.67. The van der Waals surface area contributed by atoms with Crippen LogP contribution in [0.15, 0.2) is 14.7 Å². The Morgan fingerprint density at radius 3 is 2.39 bits per heavy atom. The van der Waals surface area contributed by atoms with E-state index in [4.69, 9.17) is 0 Å². The smallest absolute Gasteiger partial charge is 0.331 e. The second kappa shape index (κ2) is 7.02. The number of nitrogens with zero attached hydrogens (tertiary/aromatic N) is 3. The average molecular weight is 320 g/mol. The minimum atomic E-state index is -0.583. The van der Waals surface area contributed by atoms with Crippen molar-refractivity contribution < 1.29 is 5.11 Å². The van der Waals surface area contributed by atoms with Gasteiger partial charge in [-0.05, 0) is 32.1 Å². The number of aromatic amines is 1. The zero-order valence-corrected chi connectivity index (χ0v) is 13.3. The molecule has 23 heavy (non-hydrogen) atoms. The first-order valence-corrected chi connectivity index (χ1v) is 8.53. The molecule has 2 aliphatic rings. The second-order valence-electron chi connectivity index (χ2n) is 6.42. The molecule has 0 bridgehead atoms. The molecule has 1 aliphatic heterocycles. The molecule has 1 aliphatic carbocycles. The van der Waals surface area contributed by atoms with Gasteiger partial charge in [0, 0.05) is 19.1 Å². The van der Waals surface area contributed by atoms with E-state index in [2.05, 4.69) is 10.1 Å². The number of hydrogen-bond donors (Lipinski definition) is 2. The lowest BCUT2D eigenvalue weighted by atomic mass is 9.95. The maximum atomic E-state index is 12.1. The molecular formula is C16H24N4O3. The van der Waals surface area contributed by atoms with Crippen molar-refractivity contribution in [2.24, 2.45) is 5.10 Å². The Labute approximate surface area is 134 Å². The van der Waals surface area contributed by atoms with Crippen LogP contribution in [-0.4, -0.2) is 39.0 Å². The molecule has 0 spiro atoms. The highest BCUT2D eigenvalue weighted by Crippen LogP contribution is 2.29. The fourth-order valence-corrected chi connectivity index (χ4v) is 3.48. The lowest BCUT2D eigenvalue weighted by Crippen LogP contribution is -2.35. The van der Waals surface area contributed by atoms with E-state index in [-0.39, 0.29) is 17.5 Å². The number of aromatic hydroxyl groups is 1. The molecule has 0 atom stereocenters. The minimum absolute atomic E-state index is 0.0461. The Morgan fingerprint density at radius 1 is 1.04 bits per heavy atom. The van der Waals surface area contributed by atoms with Crippen LogP contribution < -0.4 is 11.2 Å². The summed E-state index contributed by atoms with van der Waals surface area (Å²) in [7, 11) is 0. The summed E-state index contributed by atoms with van der Waals surface area (Å²) >= 11 is 0. The molecule has 7 heteroatoms. The van der Waals surface area contributed by atoms with Crippen LogP contribution in [0.3, 0.4) is 0 Å². The van der Waals surface area contributed by atoms with Gasteiger partial charge in [-0.25, -0.2) is 4.79 Å². The molecule has 1 saturated heterocycles. The van der Waals surface area contributed by atoms with Crippen LogP contribution in [0.25, 0.3) is 0 Å². The van der Waals surface area contributed by atoms with Crippen molar-refractivity contribution >= 4 is 6.21 Å². The van der Waals surface area contributed by atoms with E-state index in [1.54, 1.807) is 0 Å². The van der Waals surface area contributed by atoms with E-state index in [1.807, 2.05) is 5.01 Å². The quantitative estimate of drug-likeness (QED) is 0.827. The first kappa shape index (κ1) is 15.8. The molecule has 126 valence electrons.